The Labute approximate surface area is 82.3 Å². The molecular weight excluding hydrogens is 211 g/mol. The van der Waals surface area contributed by atoms with E-state index in [9.17, 15) is 0 Å². The van der Waals surface area contributed by atoms with Crippen LogP contribution in [-0.4, -0.2) is 16.4 Å². The van der Waals surface area contributed by atoms with Gasteiger partial charge in [-0.05, 0) is 0 Å². The summed E-state index contributed by atoms with van der Waals surface area (Å²) in [6.45, 7) is 5.93. The topological polar surface area (TPSA) is 90.0 Å². The summed E-state index contributed by atoms with van der Waals surface area (Å²) < 4.78 is 0. The monoisotopic (exact) mass is 226 g/mol. The normalized spacial score (nSPS) is 5.40. The molecule has 0 atom stereocenters. The molecule has 0 aromatic rings. The maximum Gasteiger partial charge on any atom is 4.00 e. The van der Waals surface area contributed by atoms with Crippen LogP contribution in [0.15, 0.2) is 0 Å². The Morgan fingerprint density at radius 2 is 1.40 bits per heavy atom. The van der Waals surface area contributed by atoms with Crippen LogP contribution >= 0.6 is 0 Å². The molecule has 0 aromatic heterocycles. The number of rotatable bonds is 3. The zero-order valence-electron chi connectivity index (χ0n) is 6.38. The van der Waals surface area contributed by atoms with E-state index in [1.165, 1.54) is 19.3 Å². The first kappa shape index (κ1) is 30.9. The van der Waals surface area contributed by atoms with Gasteiger partial charge < -0.3 is 23.4 Å². The predicted octanol–water partition coefficient (Wildman–Crippen LogP) is 1.87. The molecule has 0 spiro atoms. The Morgan fingerprint density at radius 3 is 1.50 bits per heavy atom. The van der Waals surface area contributed by atoms with Crippen LogP contribution in [0.4, 0.5) is 0 Å². The summed E-state index contributed by atoms with van der Waals surface area (Å²) in [5.74, 6) is 0. The van der Waals surface area contributed by atoms with Crippen LogP contribution in [0.5, 0.6) is 0 Å². The third-order valence-electron chi connectivity index (χ3n) is 0.854. The molecule has 3 N–H and O–H groups in total. The standard InChI is InChI=1S/C6H13.3H2O.Zr/c1-3-5-6-4-2;;;;/h1,3-6H2,2H3;3*1H2;/q-1;;;;+4/p-3. The second-order valence-corrected chi connectivity index (χ2v) is 1.56. The summed E-state index contributed by atoms with van der Waals surface area (Å²) in [7, 11) is 0. The zero-order chi connectivity index (χ0) is 4.83. The first-order valence-electron chi connectivity index (χ1n) is 2.71. The van der Waals surface area contributed by atoms with Gasteiger partial charge in [-0.1, -0.05) is 26.2 Å². The molecule has 62 valence electrons. The van der Waals surface area contributed by atoms with Crippen molar-refractivity contribution in [2.75, 3.05) is 0 Å². The van der Waals surface area contributed by atoms with Gasteiger partial charge in [0.05, 0.1) is 0 Å². The van der Waals surface area contributed by atoms with E-state index in [1.54, 1.807) is 0 Å². The quantitative estimate of drug-likeness (QED) is 0.544. The Balaban J connectivity index is -0.0000000208. The molecule has 3 nitrogen and oxygen atoms in total. The van der Waals surface area contributed by atoms with E-state index in [0.717, 1.165) is 6.42 Å². The average molecular weight is 227 g/mol. The molecule has 0 aliphatic rings. The molecule has 4 heteroatoms. The first-order chi connectivity index (χ1) is 2.91. The number of unbranched alkanes of at least 4 members (excludes halogenated alkanes) is 3. The van der Waals surface area contributed by atoms with Gasteiger partial charge >= 0.3 is 26.2 Å². The van der Waals surface area contributed by atoms with E-state index in [2.05, 4.69) is 13.8 Å². The fourth-order valence-corrected chi connectivity index (χ4v) is 0.427. The fourth-order valence-electron chi connectivity index (χ4n) is 0.427. The van der Waals surface area contributed by atoms with Crippen molar-refractivity contribution in [1.29, 1.82) is 0 Å². The maximum absolute atomic E-state index is 3.72. The van der Waals surface area contributed by atoms with Crippen molar-refractivity contribution < 1.29 is 42.6 Å². The molecule has 0 saturated heterocycles. The van der Waals surface area contributed by atoms with Crippen molar-refractivity contribution in [3.8, 4) is 0 Å². The molecule has 0 amide bonds. The van der Waals surface area contributed by atoms with E-state index < -0.39 is 0 Å². The Kier molecular flexibility index (Phi) is 102. The van der Waals surface area contributed by atoms with Gasteiger partial charge in [-0.15, -0.1) is 0 Å². The van der Waals surface area contributed by atoms with Crippen LogP contribution in [0.1, 0.15) is 32.6 Å². The van der Waals surface area contributed by atoms with Crippen molar-refractivity contribution in [3.05, 3.63) is 6.92 Å². The summed E-state index contributed by atoms with van der Waals surface area (Å²) >= 11 is 0. The van der Waals surface area contributed by atoms with Crippen LogP contribution in [0.2, 0.25) is 0 Å². The largest absolute Gasteiger partial charge is 4.00 e. The Bertz CT molecular complexity index is 25.0. The molecule has 0 aliphatic carbocycles. The van der Waals surface area contributed by atoms with Crippen LogP contribution in [-0.2, 0) is 26.2 Å². The molecule has 0 saturated carbocycles. The van der Waals surface area contributed by atoms with Crippen molar-refractivity contribution in [3.63, 3.8) is 0 Å². The van der Waals surface area contributed by atoms with Crippen molar-refractivity contribution >= 4 is 0 Å². The van der Waals surface area contributed by atoms with Gasteiger partial charge in [0.1, 0.15) is 0 Å². The smallest absolute Gasteiger partial charge is 0.870 e. The molecule has 0 rings (SSSR count). The Hall–Kier alpha value is 0.763. The maximum atomic E-state index is 3.72. The van der Waals surface area contributed by atoms with Gasteiger partial charge in [-0.3, -0.25) is 0 Å². The van der Waals surface area contributed by atoms with Crippen molar-refractivity contribution in [1.82, 2.24) is 0 Å². The average Bonchev–Trinajstić information content (AvgIpc) is 1.61. The SMILES string of the molecule is [CH2-]CCCCC.[OH-].[OH-].[OH-].[Zr+4]. The molecule has 0 fully saturated rings. The van der Waals surface area contributed by atoms with E-state index in [0.29, 0.717) is 0 Å². The van der Waals surface area contributed by atoms with Gasteiger partial charge in [0.15, 0.2) is 0 Å². The van der Waals surface area contributed by atoms with Crippen LogP contribution in [0.25, 0.3) is 0 Å². The van der Waals surface area contributed by atoms with Gasteiger partial charge in [-0.2, -0.15) is 6.42 Å². The van der Waals surface area contributed by atoms with Crippen LogP contribution < -0.4 is 0 Å². The van der Waals surface area contributed by atoms with Crippen LogP contribution in [0.3, 0.4) is 0 Å². The summed E-state index contributed by atoms with van der Waals surface area (Å²) in [4.78, 5) is 0. The van der Waals surface area contributed by atoms with Crippen LogP contribution in [0, 0.1) is 6.92 Å². The molecule has 0 heterocycles. The van der Waals surface area contributed by atoms with Crippen molar-refractivity contribution in [2.24, 2.45) is 0 Å². The molecule has 0 aromatic carbocycles. The minimum atomic E-state index is 0. The Morgan fingerprint density at radius 1 is 1.00 bits per heavy atom. The molecule has 0 unspecified atom stereocenters. The van der Waals surface area contributed by atoms with E-state index in [-0.39, 0.29) is 42.6 Å². The summed E-state index contributed by atoms with van der Waals surface area (Å²) in [5, 5.41) is 0. The first-order valence-corrected chi connectivity index (χ1v) is 2.71. The summed E-state index contributed by atoms with van der Waals surface area (Å²) in [6.07, 6.45) is 5.07. The van der Waals surface area contributed by atoms with E-state index >= 15 is 0 Å². The second-order valence-electron chi connectivity index (χ2n) is 1.56. The summed E-state index contributed by atoms with van der Waals surface area (Å²) in [5.41, 5.74) is 0. The summed E-state index contributed by atoms with van der Waals surface area (Å²) in [6, 6.07) is 0. The molecule has 0 aliphatic heterocycles. The van der Waals surface area contributed by atoms with Gasteiger partial charge in [0, 0.05) is 0 Å². The molecular formula is C6H16O3Zr. The van der Waals surface area contributed by atoms with Gasteiger partial charge in [0.25, 0.3) is 0 Å². The molecule has 10 heavy (non-hydrogen) atoms. The number of hydrogen-bond donors (Lipinski definition) is 0. The van der Waals surface area contributed by atoms with Gasteiger partial charge in [-0.25, -0.2) is 0 Å². The molecule has 0 radical (unpaired) electrons. The minimum absolute atomic E-state index is 0. The molecule has 0 bridgehead atoms. The fraction of sp³-hybridized carbons (Fsp3) is 0.833. The van der Waals surface area contributed by atoms with Crippen molar-refractivity contribution in [2.45, 2.75) is 32.6 Å². The predicted molar refractivity (Wildman–Crippen MR) is 35.3 cm³/mol. The van der Waals surface area contributed by atoms with E-state index in [4.69, 9.17) is 0 Å². The van der Waals surface area contributed by atoms with Gasteiger partial charge in [0.2, 0.25) is 0 Å². The second kappa shape index (κ2) is 33.0. The number of hydrogen-bond acceptors (Lipinski definition) is 3. The minimum Gasteiger partial charge on any atom is -0.870 e. The third-order valence-corrected chi connectivity index (χ3v) is 0.854. The zero-order valence-corrected chi connectivity index (χ0v) is 8.84. The third kappa shape index (κ3) is 37.3. The van der Waals surface area contributed by atoms with E-state index in [1.807, 2.05) is 0 Å².